The average Bonchev–Trinajstić information content (AvgIpc) is 2.74. The molecule has 2 unspecified atom stereocenters. The molecule has 0 saturated heterocycles. The highest BCUT2D eigenvalue weighted by Gasteiger charge is 2.16. The van der Waals surface area contributed by atoms with Crippen molar-refractivity contribution in [2.75, 3.05) is 0 Å². The molecular formula is C29H44O2. The van der Waals surface area contributed by atoms with Crippen LogP contribution in [-0.2, 0) is 6.42 Å². The molecule has 0 amide bonds. The standard InChI is InChI=1S/C29H44O2/c1-7-9-11-13-20(3)24-15-22(5)28(30)26(17-24)19-27-18-25(16-23(6)29(27)31)21(4)14-12-10-8-2/h15-18,20-21,30-31H,7-14,19H2,1-6H3. The summed E-state index contributed by atoms with van der Waals surface area (Å²) in [7, 11) is 0. The van der Waals surface area contributed by atoms with Crippen molar-refractivity contribution in [1.82, 2.24) is 0 Å². The molecule has 172 valence electrons. The zero-order valence-corrected chi connectivity index (χ0v) is 20.7. The lowest BCUT2D eigenvalue weighted by Crippen LogP contribution is -2.01. The van der Waals surface area contributed by atoms with Gasteiger partial charge in [-0.3, -0.25) is 0 Å². The number of aryl methyl sites for hydroxylation is 2. The third-order valence-corrected chi connectivity index (χ3v) is 6.80. The quantitative estimate of drug-likeness (QED) is 0.335. The van der Waals surface area contributed by atoms with Gasteiger partial charge >= 0.3 is 0 Å². The molecule has 0 heterocycles. The maximum Gasteiger partial charge on any atom is 0.122 e. The van der Waals surface area contributed by atoms with Crippen LogP contribution in [0.5, 0.6) is 11.5 Å². The van der Waals surface area contributed by atoms with Crippen molar-refractivity contribution < 1.29 is 10.2 Å². The summed E-state index contributed by atoms with van der Waals surface area (Å²) in [6.07, 6.45) is 10.4. The van der Waals surface area contributed by atoms with Crippen LogP contribution in [0.3, 0.4) is 0 Å². The van der Waals surface area contributed by atoms with Gasteiger partial charge in [-0.1, -0.05) is 90.5 Å². The first kappa shape index (κ1) is 25.3. The molecule has 0 fully saturated rings. The second-order valence-electron chi connectivity index (χ2n) is 9.66. The smallest absolute Gasteiger partial charge is 0.122 e. The summed E-state index contributed by atoms with van der Waals surface area (Å²) < 4.78 is 0. The van der Waals surface area contributed by atoms with E-state index in [1.807, 2.05) is 13.8 Å². The predicted octanol–water partition coefficient (Wildman–Crippen LogP) is 8.67. The summed E-state index contributed by atoms with van der Waals surface area (Å²) in [6.45, 7) is 13.0. The van der Waals surface area contributed by atoms with Crippen LogP contribution in [-0.4, -0.2) is 10.2 Å². The molecule has 0 bridgehead atoms. The van der Waals surface area contributed by atoms with E-state index in [0.29, 0.717) is 29.8 Å². The highest BCUT2D eigenvalue weighted by molar-refractivity contribution is 5.51. The van der Waals surface area contributed by atoms with E-state index in [1.165, 1.54) is 62.5 Å². The first-order valence-electron chi connectivity index (χ1n) is 12.4. The molecule has 0 spiro atoms. The van der Waals surface area contributed by atoms with Gasteiger partial charge in [-0.15, -0.1) is 0 Å². The predicted molar refractivity (Wildman–Crippen MR) is 134 cm³/mol. The number of hydrogen-bond acceptors (Lipinski definition) is 2. The third-order valence-electron chi connectivity index (χ3n) is 6.80. The van der Waals surface area contributed by atoms with E-state index in [9.17, 15) is 10.2 Å². The highest BCUT2D eigenvalue weighted by Crippen LogP contribution is 2.35. The molecule has 0 aliphatic carbocycles. The van der Waals surface area contributed by atoms with Gasteiger partial charge < -0.3 is 10.2 Å². The summed E-state index contributed by atoms with van der Waals surface area (Å²) in [5.74, 6) is 1.68. The molecule has 2 N–H and O–H groups in total. The molecule has 2 rings (SSSR count). The first-order valence-corrected chi connectivity index (χ1v) is 12.4. The molecule has 2 heteroatoms. The van der Waals surface area contributed by atoms with E-state index in [-0.39, 0.29) is 0 Å². The Morgan fingerprint density at radius 1 is 0.645 bits per heavy atom. The molecule has 31 heavy (non-hydrogen) atoms. The van der Waals surface area contributed by atoms with Crippen LogP contribution >= 0.6 is 0 Å². The number of unbranched alkanes of at least 4 members (excludes halogenated alkanes) is 4. The van der Waals surface area contributed by atoms with Crippen molar-refractivity contribution in [3.05, 3.63) is 57.6 Å². The second kappa shape index (κ2) is 12.2. The average molecular weight is 425 g/mol. The molecule has 0 aromatic heterocycles. The van der Waals surface area contributed by atoms with Gasteiger partial charge in [0.2, 0.25) is 0 Å². The van der Waals surface area contributed by atoms with Crippen LogP contribution in [0.25, 0.3) is 0 Å². The van der Waals surface area contributed by atoms with E-state index >= 15 is 0 Å². The lowest BCUT2D eigenvalue weighted by atomic mass is 9.88. The van der Waals surface area contributed by atoms with Gasteiger partial charge in [0.15, 0.2) is 0 Å². The van der Waals surface area contributed by atoms with E-state index in [1.54, 1.807) is 0 Å². The number of rotatable bonds is 12. The van der Waals surface area contributed by atoms with Crippen molar-refractivity contribution >= 4 is 0 Å². The number of phenolic OH excluding ortho intramolecular Hbond substituents is 2. The van der Waals surface area contributed by atoms with Crippen LogP contribution < -0.4 is 0 Å². The van der Waals surface area contributed by atoms with Gasteiger partial charge in [-0.05, 0) is 71.9 Å². The van der Waals surface area contributed by atoms with E-state index in [4.69, 9.17) is 0 Å². The van der Waals surface area contributed by atoms with E-state index in [2.05, 4.69) is 52.0 Å². The number of benzene rings is 2. The Balaban J connectivity index is 2.30. The maximum atomic E-state index is 10.8. The Kier molecular flexibility index (Phi) is 9.93. The van der Waals surface area contributed by atoms with Crippen LogP contribution in [0.2, 0.25) is 0 Å². The summed E-state index contributed by atoms with van der Waals surface area (Å²) in [5, 5.41) is 21.6. The molecule has 0 aliphatic rings. The summed E-state index contributed by atoms with van der Waals surface area (Å²) >= 11 is 0. The lowest BCUT2D eigenvalue weighted by Gasteiger charge is -2.19. The summed E-state index contributed by atoms with van der Waals surface area (Å²) in [6, 6.07) is 8.58. The molecule has 0 radical (unpaired) electrons. The summed E-state index contributed by atoms with van der Waals surface area (Å²) in [4.78, 5) is 0. The Hall–Kier alpha value is -1.96. The molecule has 2 aromatic rings. The van der Waals surface area contributed by atoms with Gasteiger partial charge in [0, 0.05) is 6.42 Å². The van der Waals surface area contributed by atoms with Crippen LogP contribution in [0, 0.1) is 13.8 Å². The van der Waals surface area contributed by atoms with Crippen molar-refractivity contribution in [3.8, 4) is 11.5 Å². The first-order chi connectivity index (χ1) is 14.8. The van der Waals surface area contributed by atoms with Crippen LogP contribution in [0.1, 0.15) is 124 Å². The zero-order chi connectivity index (χ0) is 23.0. The maximum absolute atomic E-state index is 10.8. The van der Waals surface area contributed by atoms with Gasteiger partial charge in [-0.2, -0.15) is 0 Å². The Labute approximate surface area is 190 Å². The number of hydrogen-bond donors (Lipinski definition) is 2. The monoisotopic (exact) mass is 424 g/mol. The fourth-order valence-corrected chi connectivity index (χ4v) is 4.54. The Morgan fingerprint density at radius 2 is 1.03 bits per heavy atom. The van der Waals surface area contributed by atoms with Crippen molar-refractivity contribution in [2.45, 2.75) is 111 Å². The second-order valence-corrected chi connectivity index (χ2v) is 9.66. The van der Waals surface area contributed by atoms with Gasteiger partial charge in [0.05, 0.1) is 0 Å². The minimum absolute atomic E-state index is 0.364. The molecule has 2 aromatic carbocycles. The SMILES string of the molecule is CCCCCC(C)c1cc(C)c(O)c(Cc2cc(C(C)CCCCC)cc(C)c2O)c1. The normalized spacial score (nSPS) is 13.4. The van der Waals surface area contributed by atoms with Crippen molar-refractivity contribution in [2.24, 2.45) is 0 Å². The molecule has 2 nitrogen and oxygen atoms in total. The lowest BCUT2D eigenvalue weighted by molar-refractivity contribution is 0.457. The third kappa shape index (κ3) is 7.02. The van der Waals surface area contributed by atoms with Crippen LogP contribution in [0.15, 0.2) is 24.3 Å². The topological polar surface area (TPSA) is 40.5 Å². The van der Waals surface area contributed by atoms with Gasteiger partial charge in [0.1, 0.15) is 11.5 Å². The highest BCUT2D eigenvalue weighted by atomic mass is 16.3. The molecule has 0 saturated carbocycles. The van der Waals surface area contributed by atoms with Gasteiger partial charge in [-0.25, -0.2) is 0 Å². The van der Waals surface area contributed by atoms with Gasteiger partial charge in [0.25, 0.3) is 0 Å². The number of phenols is 2. The summed E-state index contributed by atoms with van der Waals surface area (Å²) in [5.41, 5.74) is 6.28. The fourth-order valence-electron chi connectivity index (χ4n) is 4.54. The fraction of sp³-hybridized carbons (Fsp3) is 0.586. The van der Waals surface area contributed by atoms with E-state index in [0.717, 1.165) is 22.3 Å². The molecule has 0 aliphatic heterocycles. The van der Waals surface area contributed by atoms with Crippen LogP contribution in [0.4, 0.5) is 0 Å². The minimum Gasteiger partial charge on any atom is -0.507 e. The minimum atomic E-state index is 0.364. The Bertz CT molecular complexity index is 768. The Morgan fingerprint density at radius 3 is 1.39 bits per heavy atom. The van der Waals surface area contributed by atoms with E-state index < -0.39 is 0 Å². The van der Waals surface area contributed by atoms with Crippen molar-refractivity contribution in [1.29, 1.82) is 0 Å². The molecular weight excluding hydrogens is 380 g/mol. The zero-order valence-electron chi connectivity index (χ0n) is 20.7. The van der Waals surface area contributed by atoms with Crippen molar-refractivity contribution in [3.63, 3.8) is 0 Å². The molecule has 2 atom stereocenters. The number of aromatic hydroxyl groups is 2. The largest absolute Gasteiger partial charge is 0.507 e.